The molecule has 4 aliphatic heterocycles. The molecule has 4 aliphatic rings. The van der Waals surface area contributed by atoms with Crippen molar-refractivity contribution in [2.24, 2.45) is 0 Å². The molecule has 1 aromatic rings. The van der Waals surface area contributed by atoms with E-state index < -0.39 is 0 Å². The number of benzene rings is 1. The summed E-state index contributed by atoms with van der Waals surface area (Å²) >= 11 is 12.3. The monoisotopic (exact) mass is 481 g/mol. The first-order valence-electron chi connectivity index (χ1n) is 12.0. The molecule has 0 radical (unpaired) electrons. The Balaban J connectivity index is 1.36. The third-order valence-corrected chi connectivity index (χ3v) is 8.29. The van der Waals surface area contributed by atoms with Gasteiger partial charge in [-0.1, -0.05) is 29.3 Å². The van der Waals surface area contributed by atoms with Crippen molar-refractivity contribution in [2.45, 2.75) is 56.3 Å². The largest absolute Gasteiger partial charge is 0.378 e. The van der Waals surface area contributed by atoms with Crippen LogP contribution in [0.1, 0.15) is 31.2 Å². The van der Waals surface area contributed by atoms with E-state index in [-0.39, 0.29) is 24.0 Å². The molecule has 8 heteroatoms. The molecule has 176 valence electrons. The third-order valence-electron chi connectivity index (χ3n) is 7.55. The Kier molecular flexibility index (Phi) is 7.27. The summed E-state index contributed by atoms with van der Waals surface area (Å²) in [6.07, 6.45) is 5.38. The van der Waals surface area contributed by atoms with Gasteiger partial charge in [0, 0.05) is 26.2 Å². The molecule has 4 heterocycles. The Labute approximate surface area is 200 Å². The zero-order valence-electron chi connectivity index (χ0n) is 18.6. The first-order chi connectivity index (χ1) is 15.6. The average Bonchev–Trinajstić information content (AvgIpc) is 3.50. The van der Waals surface area contributed by atoms with Crippen molar-refractivity contribution in [2.75, 3.05) is 52.5 Å². The maximum Gasteiger partial charge on any atom is 0.227 e. The predicted octanol–water partition coefficient (Wildman–Crippen LogP) is 3.09. The van der Waals surface area contributed by atoms with Gasteiger partial charge < -0.3 is 14.4 Å². The molecule has 0 saturated carbocycles. The van der Waals surface area contributed by atoms with E-state index in [1.54, 1.807) is 6.07 Å². The Morgan fingerprint density at radius 1 is 1.00 bits per heavy atom. The normalized spacial score (nSPS) is 31.8. The van der Waals surface area contributed by atoms with Crippen molar-refractivity contribution in [3.63, 3.8) is 0 Å². The van der Waals surface area contributed by atoms with Gasteiger partial charge in [-0.2, -0.15) is 0 Å². The molecule has 3 unspecified atom stereocenters. The molecule has 1 aromatic carbocycles. The summed E-state index contributed by atoms with van der Waals surface area (Å²) < 4.78 is 12.1. The van der Waals surface area contributed by atoms with Crippen LogP contribution in [0, 0.1) is 0 Å². The van der Waals surface area contributed by atoms with Crippen molar-refractivity contribution in [1.29, 1.82) is 0 Å². The van der Waals surface area contributed by atoms with Crippen molar-refractivity contribution >= 4 is 29.1 Å². The first kappa shape index (κ1) is 22.9. The maximum atomic E-state index is 13.6. The van der Waals surface area contributed by atoms with Gasteiger partial charge in [-0.15, -0.1) is 0 Å². The summed E-state index contributed by atoms with van der Waals surface area (Å²) in [6.45, 7) is 6.99. The molecule has 0 aliphatic carbocycles. The summed E-state index contributed by atoms with van der Waals surface area (Å²) in [5, 5.41) is 1.02. The van der Waals surface area contributed by atoms with E-state index in [0.717, 1.165) is 57.7 Å². The van der Waals surface area contributed by atoms with Crippen LogP contribution in [0.3, 0.4) is 0 Å². The van der Waals surface area contributed by atoms with Crippen LogP contribution in [0.15, 0.2) is 18.2 Å². The lowest BCUT2D eigenvalue weighted by atomic mass is 9.90. The van der Waals surface area contributed by atoms with Gasteiger partial charge in [0.1, 0.15) is 0 Å². The van der Waals surface area contributed by atoms with E-state index in [9.17, 15) is 4.79 Å². The van der Waals surface area contributed by atoms with Crippen molar-refractivity contribution < 1.29 is 14.3 Å². The van der Waals surface area contributed by atoms with E-state index in [1.165, 1.54) is 12.8 Å². The first-order valence-corrected chi connectivity index (χ1v) is 12.8. The minimum absolute atomic E-state index is 0.146. The predicted molar refractivity (Wildman–Crippen MR) is 125 cm³/mol. The number of fused-ring (bicyclic) bond motifs is 1. The van der Waals surface area contributed by atoms with Crippen LogP contribution >= 0.6 is 23.2 Å². The van der Waals surface area contributed by atoms with Crippen LogP contribution in [-0.2, 0) is 20.7 Å². The molecule has 0 N–H and O–H groups in total. The topological polar surface area (TPSA) is 45.3 Å². The van der Waals surface area contributed by atoms with Gasteiger partial charge in [0.25, 0.3) is 0 Å². The smallest absolute Gasteiger partial charge is 0.227 e. The number of carbonyl (C=O) groups excluding carboxylic acids is 1. The minimum atomic E-state index is 0.146. The number of piperazine rings is 1. The lowest BCUT2D eigenvalue weighted by Gasteiger charge is -2.54. The number of hydrogen-bond donors (Lipinski definition) is 0. The third kappa shape index (κ3) is 4.82. The standard InChI is InChI=1S/C24H33Cl2N3O3/c25-19-6-5-17(12-20(19)26)13-23(30)29-10-9-28(14-18-4-3-11-32-18)22-16-31-15-21(24(22)29)27-7-1-2-8-27/h5-6,12,18,21-22,24H,1-4,7-11,13-16H2/t18?,21?,22?,24-/m1/s1. The van der Waals surface area contributed by atoms with Crippen LogP contribution in [0.2, 0.25) is 10.0 Å². The fourth-order valence-corrected chi connectivity index (χ4v) is 6.26. The molecule has 0 bridgehead atoms. The van der Waals surface area contributed by atoms with Crippen molar-refractivity contribution in [3.05, 3.63) is 33.8 Å². The van der Waals surface area contributed by atoms with E-state index in [0.29, 0.717) is 35.8 Å². The van der Waals surface area contributed by atoms with Crippen LogP contribution in [0.5, 0.6) is 0 Å². The molecule has 1 amide bonds. The van der Waals surface area contributed by atoms with Gasteiger partial charge in [0.15, 0.2) is 0 Å². The van der Waals surface area contributed by atoms with Crippen LogP contribution in [0.25, 0.3) is 0 Å². The molecule has 4 fully saturated rings. The molecular formula is C24H33Cl2N3O3. The average molecular weight is 482 g/mol. The highest BCUT2D eigenvalue weighted by atomic mass is 35.5. The van der Waals surface area contributed by atoms with Gasteiger partial charge >= 0.3 is 0 Å². The van der Waals surface area contributed by atoms with Gasteiger partial charge in [-0.3, -0.25) is 14.6 Å². The summed E-state index contributed by atoms with van der Waals surface area (Å²) in [5.74, 6) is 0.168. The summed E-state index contributed by atoms with van der Waals surface area (Å²) in [4.78, 5) is 20.8. The van der Waals surface area contributed by atoms with Crippen molar-refractivity contribution in [1.82, 2.24) is 14.7 Å². The molecule has 0 spiro atoms. The number of halogens is 2. The quantitative estimate of drug-likeness (QED) is 0.646. The molecular weight excluding hydrogens is 449 g/mol. The highest BCUT2D eigenvalue weighted by Gasteiger charge is 2.48. The Bertz CT molecular complexity index is 814. The van der Waals surface area contributed by atoms with Gasteiger partial charge in [0.05, 0.1) is 53.9 Å². The SMILES string of the molecule is O=C(Cc1ccc(Cl)c(Cl)c1)N1CCN(CC2CCCO2)C2COCC(N3CCCC3)[C@H]21. The van der Waals surface area contributed by atoms with E-state index >= 15 is 0 Å². The Hall–Kier alpha value is -0.890. The number of likely N-dealkylation sites (tertiary alicyclic amines) is 1. The Morgan fingerprint density at radius 2 is 1.81 bits per heavy atom. The van der Waals surface area contributed by atoms with Gasteiger partial charge in [-0.25, -0.2) is 0 Å². The Morgan fingerprint density at radius 3 is 2.56 bits per heavy atom. The van der Waals surface area contributed by atoms with Gasteiger partial charge in [-0.05, 0) is 56.5 Å². The van der Waals surface area contributed by atoms with Crippen molar-refractivity contribution in [3.8, 4) is 0 Å². The fourth-order valence-electron chi connectivity index (χ4n) is 5.94. The molecule has 4 atom stereocenters. The number of carbonyl (C=O) groups is 1. The zero-order valence-corrected chi connectivity index (χ0v) is 20.1. The number of rotatable bonds is 5. The number of amides is 1. The minimum Gasteiger partial charge on any atom is -0.378 e. The highest BCUT2D eigenvalue weighted by Crippen LogP contribution is 2.31. The van der Waals surface area contributed by atoms with Crippen LogP contribution < -0.4 is 0 Å². The van der Waals surface area contributed by atoms with Gasteiger partial charge in [0.2, 0.25) is 5.91 Å². The number of ether oxygens (including phenoxy) is 2. The van der Waals surface area contributed by atoms with E-state index in [2.05, 4.69) is 14.7 Å². The van der Waals surface area contributed by atoms with E-state index in [1.807, 2.05) is 12.1 Å². The zero-order chi connectivity index (χ0) is 22.1. The molecule has 32 heavy (non-hydrogen) atoms. The molecule has 5 rings (SSSR count). The second-order valence-electron chi connectivity index (χ2n) is 9.55. The van der Waals surface area contributed by atoms with Crippen LogP contribution in [0.4, 0.5) is 0 Å². The summed E-state index contributed by atoms with van der Waals surface area (Å²) in [7, 11) is 0. The maximum absolute atomic E-state index is 13.6. The molecule has 4 saturated heterocycles. The van der Waals surface area contributed by atoms with E-state index in [4.69, 9.17) is 32.7 Å². The lowest BCUT2D eigenvalue weighted by molar-refractivity contribution is -0.154. The fraction of sp³-hybridized carbons (Fsp3) is 0.708. The number of hydrogen-bond acceptors (Lipinski definition) is 5. The lowest BCUT2D eigenvalue weighted by Crippen LogP contribution is -2.72. The highest BCUT2D eigenvalue weighted by molar-refractivity contribution is 6.42. The van der Waals surface area contributed by atoms with Crippen LogP contribution in [-0.4, -0.2) is 97.4 Å². The second kappa shape index (κ2) is 10.2. The number of nitrogens with zero attached hydrogens (tertiary/aromatic N) is 3. The summed E-state index contributed by atoms with van der Waals surface area (Å²) in [5.41, 5.74) is 0.910. The molecule has 0 aromatic heterocycles. The molecule has 6 nitrogen and oxygen atoms in total. The summed E-state index contributed by atoms with van der Waals surface area (Å²) in [6, 6.07) is 6.10. The second-order valence-corrected chi connectivity index (χ2v) is 10.4.